The van der Waals surface area contributed by atoms with Gasteiger partial charge in [-0.05, 0) is 26.7 Å². The second-order valence-corrected chi connectivity index (χ2v) is 6.37. The van der Waals surface area contributed by atoms with Crippen molar-refractivity contribution in [3.05, 3.63) is 16.1 Å². The van der Waals surface area contributed by atoms with Crippen molar-refractivity contribution in [2.24, 2.45) is 0 Å². The van der Waals surface area contributed by atoms with Gasteiger partial charge in [0.15, 0.2) is 5.13 Å². The van der Waals surface area contributed by atoms with Crippen LogP contribution in [0.15, 0.2) is 5.38 Å². The van der Waals surface area contributed by atoms with E-state index in [-0.39, 0.29) is 0 Å². The molecule has 98 valence electrons. The standard InChI is InChI=1S/C13H19N3S2/c1-5-9-12(18-11(6-2)15-9)10-7-17-13(16-10)14-8(3)4/h7-8H,5-6H2,1-4H3,(H,14,16). The van der Waals surface area contributed by atoms with E-state index in [0.717, 1.165) is 23.7 Å². The summed E-state index contributed by atoms with van der Waals surface area (Å²) < 4.78 is 0. The quantitative estimate of drug-likeness (QED) is 0.892. The first-order valence-electron chi connectivity index (χ1n) is 6.35. The third-order valence-electron chi connectivity index (χ3n) is 2.53. The van der Waals surface area contributed by atoms with Gasteiger partial charge in [0.25, 0.3) is 0 Å². The largest absolute Gasteiger partial charge is 0.359 e. The summed E-state index contributed by atoms with van der Waals surface area (Å²) in [4.78, 5) is 10.5. The van der Waals surface area contributed by atoms with E-state index in [9.17, 15) is 0 Å². The number of anilines is 1. The van der Waals surface area contributed by atoms with E-state index in [1.54, 1.807) is 22.7 Å². The zero-order valence-electron chi connectivity index (χ0n) is 11.3. The lowest BCUT2D eigenvalue weighted by Crippen LogP contribution is -2.08. The van der Waals surface area contributed by atoms with Crippen LogP contribution in [-0.4, -0.2) is 16.0 Å². The highest BCUT2D eigenvalue weighted by Gasteiger charge is 2.14. The van der Waals surface area contributed by atoms with Crippen molar-refractivity contribution in [1.82, 2.24) is 9.97 Å². The van der Waals surface area contributed by atoms with Crippen molar-refractivity contribution in [2.45, 2.75) is 46.6 Å². The Morgan fingerprint density at radius 3 is 2.61 bits per heavy atom. The Hall–Kier alpha value is -0.940. The molecule has 0 unspecified atom stereocenters. The Labute approximate surface area is 116 Å². The van der Waals surface area contributed by atoms with Crippen LogP contribution >= 0.6 is 22.7 Å². The Kier molecular flexibility index (Phi) is 4.35. The molecule has 0 aliphatic heterocycles. The normalized spacial score (nSPS) is 11.2. The summed E-state index contributed by atoms with van der Waals surface area (Å²) >= 11 is 3.44. The van der Waals surface area contributed by atoms with Crippen molar-refractivity contribution >= 4 is 27.8 Å². The van der Waals surface area contributed by atoms with Crippen molar-refractivity contribution in [3.63, 3.8) is 0 Å². The van der Waals surface area contributed by atoms with E-state index in [1.807, 2.05) is 0 Å². The topological polar surface area (TPSA) is 37.8 Å². The molecule has 0 saturated heterocycles. The van der Waals surface area contributed by atoms with Gasteiger partial charge in [-0.2, -0.15) is 0 Å². The van der Waals surface area contributed by atoms with Crippen molar-refractivity contribution in [3.8, 4) is 10.6 Å². The molecule has 0 spiro atoms. The molecule has 0 fully saturated rings. The molecule has 0 aromatic carbocycles. The molecular weight excluding hydrogens is 262 g/mol. The zero-order valence-corrected chi connectivity index (χ0v) is 12.9. The number of aryl methyl sites for hydroxylation is 2. The summed E-state index contributed by atoms with van der Waals surface area (Å²) in [7, 11) is 0. The highest BCUT2D eigenvalue weighted by molar-refractivity contribution is 7.16. The van der Waals surface area contributed by atoms with Crippen LogP contribution in [0, 0.1) is 0 Å². The molecule has 0 bridgehead atoms. The molecule has 5 heteroatoms. The van der Waals surface area contributed by atoms with E-state index in [1.165, 1.54) is 15.6 Å². The first-order valence-corrected chi connectivity index (χ1v) is 8.04. The fourth-order valence-corrected chi connectivity index (χ4v) is 3.66. The maximum Gasteiger partial charge on any atom is 0.183 e. The number of thiazole rings is 2. The summed E-state index contributed by atoms with van der Waals surface area (Å²) in [6.45, 7) is 8.55. The van der Waals surface area contributed by atoms with Gasteiger partial charge in [-0.3, -0.25) is 0 Å². The molecule has 0 amide bonds. The predicted molar refractivity (Wildman–Crippen MR) is 80.7 cm³/mol. The average Bonchev–Trinajstić information content (AvgIpc) is 2.93. The fraction of sp³-hybridized carbons (Fsp3) is 0.538. The van der Waals surface area contributed by atoms with Gasteiger partial charge in [-0.15, -0.1) is 22.7 Å². The molecule has 1 N–H and O–H groups in total. The van der Waals surface area contributed by atoms with Gasteiger partial charge in [0.1, 0.15) is 0 Å². The van der Waals surface area contributed by atoms with Gasteiger partial charge in [-0.25, -0.2) is 9.97 Å². The Morgan fingerprint density at radius 2 is 2.00 bits per heavy atom. The van der Waals surface area contributed by atoms with Crippen LogP contribution in [0.2, 0.25) is 0 Å². The average molecular weight is 281 g/mol. The molecular formula is C13H19N3S2. The summed E-state index contributed by atoms with van der Waals surface area (Å²) in [6.07, 6.45) is 1.97. The molecule has 0 radical (unpaired) electrons. The number of rotatable bonds is 5. The lowest BCUT2D eigenvalue weighted by atomic mass is 10.2. The lowest BCUT2D eigenvalue weighted by Gasteiger charge is -2.04. The number of nitrogens with one attached hydrogen (secondary N) is 1. The molecule has 0 atom stereocenters. The SMILES string of the molecule is CCc1nc(CC)c(-c2csc(NC(C)C)n2)s1. The minimum absolute atomic E-state index is 0.419. The summed E-state index contributed by atoms with van der Waals surface area (Å²) in [6, 6.07) is 0.419. The van der Waals surface area contributed by atoms with Crippen LogP contribution in [0.1, 0.15) is 38.4 Å². The van der Waals surface area contributed by atoms with E-state index >= 15 is 0 Å². The molecule has 18 heavy (non-hydrogen) atoms. The van der Waals surface area contributed by atoms with Crippen LogP contribution in [0.5, 0.6) is 0 Å². The summed E-state index contributed by atoms with van der Waals surface area (Å²) in [5.74, 6) is 0. The maximum atomic E-state index is 4.66. The Morgan fingerprint density at radius 1 is 1.22 bits per heavy atom. The highest BCUT2D eigenvalue weighted by atomic mass is 32.1. The zero-order chi connectivity index (χ0) is 13.1. The van der Waals surface area contributed by atoms with E-state index in [2.05, 4.69) is 48.4 Å². The Balaban J connectivity index is 2.30. The van der Waals surface area contributed by atoms with E-state index in [4.69, 9.17) is 0 Å². The molecule has 2 heterocycles. The van der Waals surface area contributed by atoms with E-state index < -0.39 is 0 Å². The van der Waals surface area contributed by atoms with Gasteiger partial charge in [0.05, 0.1) is 21.3 Å². The number of nitrogens with zero attached hydrogens (tertiary/aromatic N) is 2. The van der Waals surface area contributed by atoms with Gasteiger partial charge in [0.2, 0.25) is 0 Å². The third kappa shape index (κ3) is 2.90. The molecule has 0 aliphatic carbocycles. The summed E-state index contributed by atoms with van der Waals surface area (Å²) in [5, 5.41) is 7.66. The maximum absolute atomic E-state index is 4.66. The van der Waals surface area contributed by atoms with Crippen LogP contribution in [0.3, 0.4) is 0 Å². The van der Waals surface area contributed by atoms with Crippen molar-refractivity contribution < 1.29 is 0 Å². The van der Waals surface area contributed by atoms with E-state index in [0.29, 0.717) is 6.04 Å². The third-order valence-corrected chi connectivity index (χ3v) is 4.57. The highest BCUT2D eigenvalue weighted by Crippen LogP contribution is 2.33. The number of aromatic nitrogens is 2. The lowest BCUT2D eigenvalue weighted by molar-refractivity contribution is 0.896. The molecule has 3 nitrogen and oxygen atoms in total. The van der Waals surface area contributed by atoms with Crippen molar-refractivity contribution in [2.75, 3.05) is 5.32 Å². The smallest absolute Gasteiger partial charge is 0.183 e. The van der Waals surface area contributed by atoms with Crippen LogP contribution in [0.4, 0.5) is 5.13 Å². The van der Waals surface area contributed by atoms with Gasteiger partial charge >= 0.3 is 0 Å². The molecule has 0 saturated carbocycles. The van der Waals surface area contributed by atoms with Crippen LogP contribution < -0.4 is 5.32 Å². The minimum atomic E-state index is 0.419. The Bertz CT molecular complexity index is 514. The summed E-state index contributed by atoms with van der Waals surface area (Å²) in [5.41, 5.74) is 2.25. The first kappa shape index (κ1) is 13.5. The predicted octanol–water partition coefficient (Wildman–Crippen LogP) is 4.21. The van der Waals surface area contributed by atoms with Gasteiger partial charge < -0.3 is 5.32 Å². The van der Waals surface area contributed by atoms with Crippen LogP contribution in [0.25, 0.3) is 10.6 Å². The molecule has 0 aliphatic rings. The minimum Gasteiger partial charge on any atom is -0.359 e. The molecule has 2 aromatic rings. The molecule has 2 rings (SSSR count). The van der Waals surface area contributed by atoms with Crippen LogP contribution in [-0.2, 0) is 12.8 Å². The second kappa shape index (κ2) is 5.80. The van der Waals surface area contributed by atoms with Gasteiger partial charge in [0, 0.05) is 11.4 Å². The van der Waals surface area contributed by atoms with Crippen molar-refractivity contribution in [1.29, 1.82) is 0 Å². The number of hydrogen-bond acceptors (Lipinski definition) is 5. The number of hydrogen-bond donors (Lipinski definition) is 1. The fourth-order valence-electron chi connectivity index (χ4n) is 1.68. The van der Waals surface area contributed by atoms with Gasteiger partial charge in [-0.1, -0.05) is 13.8 Å². The molecule has 2 aromatic heterocycles. The first-order chi connectivity index (χ1) is 8.63. The second-order valence-electron chi connectivity index (χ2n) is 4.43. The monoisotopic (exact) mass is 281 g/mol.